The second-order valence-corrected chi connectivity index (χ2v) is 3.27. The molecule has 4 heteroatoms. The Balaban J connectivity index is 2.64. The number of rotatable bonds is 0. The molecule has 0 atom stereocenters. The van der Waals surface area contributed by atoms with E-state index in [2.05, 4.69) is 0 Å². The van der Waals surface area contributed by atoms with E-state index < -0.39 is 5.97 Å². The zero-order valence-corrected chi connectivity index (χ0v) is 7.63. The minimum atomic E-state index is -0.451. The van der Waals surface area contributed by atoms with Crippen LogP contribution in [0.25, 0.3) is 0 Å². The lowest BCUT2D eigenvalue weighted by Crippen LogP contribution is -2.22. The first kappa shape index (κ1) is 8.74. The van der Waals surface area contributed by atoms with Gasteiger partial charge in [0.15, 0.2) is 0 Å². The number of fused-ring (bicyclic) bond motifs is 1. The van der Waals surface area contributed by atoms with Crippen LogP contribution in [0.4, 0.5) is 0 Å². The number of phenols is 1. The number of hydrogen-bond acceptors (Lipinski definition) is 4. The van der Waals surface area contributed by atoms with Crippen molar-refractivity contribution in [2.24, 2.45) is 0 Å². The van der Waals surface area contributed by atoms with Crippen LogP contribution in [-0.4, -0.2) is 16.8 Å². The van der Waals surface area contributed by atoms with Crippen LogP contribution in [0.5, 0.6) is 11.5 Å². The molecule has 1 aromatic rings. The van der Waals surface area contributed by atoms with E-state index in [0.29, 0.717) is 5.56 Å². The molecule has 1 heterocycles. The van der Waals surface area contributed by atoms with E-state index in [0.717, 1.165) is 5.56 Å². The second kappa shape index (κ2) is 2.83. The highest BCUT2D eigenvalue weighted by atomic mass is 16.5. The minimum absolute atomic E-state index is 0.00137. The van der Waals surface area contributed by atoms with Crippen molar-refractivity contribution in [2.75, 3.05) is 0 Å². The van der Waals surface area contributed by atoms with Gasteiger partial charge in [-0.3, -0.25) is 4.79 Å². The lowest BCUT2D eigenvalue weighted by Gasteiger charge is -2.18. The fourth-order valence-corrected chi connectivity index (χ4v) is 1.60. The third kappa shape index (κ3) is 1.25. The Morgan fingerprint density at radius 2 is 2.21 bits per heavy atom. The van der Waals surface area contributed by atoms with Gasteiger partial charge < -0.3 is 15.3 Å². The molecule has 0 fully saturated rings. The number of aromatic hydroxyl groups is 1. The van der Waals surface area contributed by atoms with Crippen molar-refractivity contribution >= 4 is 11.7 Å². The fourth-order valence-electron chi connectivity index (χ4n) is 1.60. The van der Waals surface area contributed by atoms with Gasteiger partial charge in [-0.25, -0.2) is 0 Å². The third-order valence-corrected chi connectivity index (χ3v) is 2.13. The number of nitrogens with one attached hydrogen (secondary N) is 1. The first-order chi connectivity index (χ1) is 6.58. The van der Waals surface area contributed by atoms with E-state index in [1.54, 1.807) is 13.0 Å². The van der Waals surface area contributed by atoms with Crippen molar-refractivity contribution in [3.63, 3.8) is 0 Å². The van der Waals surface area contributed by atoms with Crippen LogP contribution in [0.2, 0.25) is 0 Å². The minimum Gasteiger partial charge on any atom is -0.508 e. The molecule has 2 rings (SSSR count). The number of esters is 1. The van der Waals surface area contributed by atoms with Gasteiger partial charge in [0.25, 0.3) is 0 Å². The van der Waals surface area contributed by atoms with Crippen LogP contribution in [0.1, 0.15) is 17.5 Å². The SMILES string of the molecule is Cc1cc(O)cc2c1C(=N)CC(=O)O2. The zero-order valence-electron chi connectivity index (χ0n) is 7.63. The van der Waals surface area contributed by atoms with E-state index in [-0.39, 0.29) is 23.6 Å². The van der Waals surface area contributed by atoms with Crippen molar-refractivity contribution in [1.29, 1.82) is 5.41 Å². The molecule has 0 unspecified atom stereocenters. The Labute approximate surface area is 80.6 Å². The molecule has 0 radical (unpaired) electrons. The summed E-state index contributed by atoms with van der Waals surface area (Å²) in [6.07, 6.45) is -0.00137. The molecule has 72 valence electrons. The number of carbonyl (C=O) groups excluding carboxylic acids is 1. The molecular weight excluding hydrogens is 182 g/mol. The molecule has 0 aromatic heterocycles. The van der Waals surface area contributed by atoms with E-state index >= 15 is 0 Å². The third-order valence-electron chi connectivity index (χ3n) is 2.13. The highest BCUT2D eigenvalue weighted by Gasteiger charge is 2.24. The normalized spacial score (nSPS) is 14.9. The molecule has 14 heavy (non-hydrogen) atoms. The molecule has 1 aliphatic heterocycles. The Morgan fingerprint density at radius 1 is 1.50 bits per heavy atom. The second-order valence-electron chi connectivity index (χ2n) is 3.27. The molecule has 0 amide bonds. The van der Waals surface area contributed by atoms with E-state index in [4.69, 9.17) is 10.1 Å². The number of carbonyl (C=O) groups is 1. The molecular formula is C10H9NO3. The fraction of sp³-hybridized carbons (Fsp3) is 0.200. The molecule has 0 spiro atoms. The van der Waals surface area contributed by atoms with Crippen molar-refractivity contribution in [3.8, 4) is 11.5 Å². The Morgan fingerprint density at radius 3 is 2.93 bits per heavy atom. The maximum absolute atomic E-state index is 11.0. The van der Waals surface area contributed by atoms with E-state index in [1.807, 2.05) is 0 Å². The van der Waals surface area contributed by atoms with E-state index in [1.165, 1.54) is 6.07 Å². The predicted molar refractivity (Wildman–Crippen MR) is 49.9 cm³/mol. The van der Waals surface area contributed by atoms with Gasteiger partial charge in [0.2, 0.25) is 0 Å². The van der Waals surface area contributed by atoms with Gasteiger partial charge in [-0.15, -0.1) is 0 Å². The number of hydrogen-bond donors (Lipinski definition) is 2. The molecule has 0 saturated heterocycles. The van der Waals surface area contributed by atoms with Crippen LogP contribution in [0, 0.1) is 12.3 Å². The zero-order chi connectivity index (χ0) is 10.3. The monoisotopic (exact) mass is 191 g/mol. The van der Waals surface area contributed by atoms with Crippen molar-refractivity contribution in [2.45, 2.75) is 13.3 Å². The largest absolute Gasteiger partial charge is 0.508 e. The number of phenolic OH excluding ortho intramolecular Hbond substituents is 1. The standard InChI is InChI=1S/C10H9NO3/c1-5-2-6(12)3-8-10(5)7(11)4-9(13)14-8/h2-3,11-12H,4H2,1H3. The number of benzene rings is 1. The van der Waals surface area contributed by atoms with Crippen LogP contribution in [0.3, 0.4) is 0 Å². The summed E-state index contributed by atoms with van der Waals surface area (Å²) in [7, 11) is 0. The molecule has 4 nitrogen and oxygen atoms in total. The van der Waals surface area contributed by atoms with Gasteiger partial charge >= 0.3 is 5.97 Å². The number of ether oxygens (including phenoxy) is 1. The van der Waals surface area contributed by atoms with Crippen LogP contribution < -0.4 is 4.74 Å². The van der Waals surface area contributed by atoms with Crippen LogP contribution in [0.15, 0.2) is 12.1 Å². The highest BCUT2D eigenvalue weighted by molar-refractivity contribution is 6.13. The molecule has 2 N–H and O–H groups in total. The van der Waals surface area contributed by atoms with Gasteiger partial charge in [0.05, 0.1) is 12.1 Å². The number of aryl methyl sites for hydroxylation is 1. The first-order valence-corrected chi connectivity index (χ1v) is 4.20. The lowest BCUT2D eigenvalue weighted by atomic mass is 9.98. The smallest absolute Gasteiger partial charge is 0.317 e. The molecule has 1 aliphatic rings. The lowest BCUT2D eigenvalue weighted by molar-refractivity contribution is -0.133. The topological polar surface area (TPSA) is 70.4 Å². The van der Waals surface area contributed by atoms with E-state index in [9.17, 15) is 9.90 Å². The van der Waals surface area contributed by atoms with Gasteiger partial charge in [-0.05, 0) is 18.6 Å². The van der Waals surface area contributed by atoms with Gasteiger partial charge in [-0.1, -0.05) is 0 Å². The summed E-state index contributed by atoms with van der Waals surface area (Å²) in [6.45, 7) is 1.77. The summed E-state index contributed by atoms with van der Waals surface area (Å²) in [6, 6.07) is 2.90. The molecule has 0 saturated carbocycles. The van der Waals surface area contributed by atoms with Crippen molar-refractivity contribution in [3.05, 3.63) is 23.3 Å². The summed E-state index contributed by atoms with van der Waals surface area (Å²) in [4.78, 5) is 11.0. The van der Waals surface area contributed by atoms with Gasteiger partial charge in [0.1, 0.15) is 11.5 Å². The van der Waals surface area contributed by atoms with Crippen LogP contribution in [-0.2, 0) is 4.79 Å². The van der Waals surface area contributed by atoms with Crippen LogP contribution >= 0.6 is 0 Å². The highest BCUT2D eigenvalue weighted by Crippen LogP contribution is 2.31. The summed E-state index contributed by atoms with van der Waals surface area (Å²) in [5, 5.41) is 16.9. The summed E-state index contributed by atoms with van der Waals surface area (Å²) < 4.78 is 4.92. The molecule has 1 aromatic carbocycles. The Hall–Kier alpha value is -1.84. The average molecular weight is 191 g/mol. The first-order valence-electron chi connectivity index (χ1n) is 4.20. The Kier molecular flexibility index (Phi) is 1.77. The molecule has 0 bridgehead atoms. The average Bonchev–Trinajstić information content (AvgIpc) is 1.99. The van der Waals surface area contributed by atoms with Gasteiger partial charge in [-0.2, -0.15) is 0 Å². The van der Waals surface area contributed by atoms with Crippen molar-refractivity contribution < 1.29 is 14.6 Å². The quantitative estimate of drug-likeness (QED) is 0.480. The summed E-state index contributed by atoms with van der Waals surface area (Å²) in [5.41, 5.74) is 1.61. The summed E-state index contributed by atoms with van der Waals surface area (Å²) >= 11 is 0. The predicted octanol–water partition coefficient (Wildman–Crippen LogP) is 1.38. The van der Waals surface area contributed by atoms with Crippen molar-refractivity contribution in [1.82, 2.24) is 0 Å². The maximum Gasteiger partial charge on any atom is 0.317 e. The Bertz CT molecular complexity index is 437. The summed E-state index contributed by atoms with van der Waals surface area (Å²) in [5.74, 6) is -0.125. The van der Waals surface area contributed by atoms with Gasteiger partial charge in [0, 0.05) is 11.6 Å². The maximum atomic E-state index is 11.0. The molecule has 0 aliphatic carbocycles.